The molecule has 0 unspecified atom stereocenters. The molecule has 4 aromatic rings. The lowest BCUT2D eigenvalue weighted by atomic mass is 10.1. The SMILES string of the molecule is COc1ccc(N(Cc2nc3ccccn3c2Cc2cc(Br)ccc2OCC(=O)O)C(=O)CCC(C)C)c(Cl)c1OC.Cl. The summed E-state index contributed by atoms with van der Waals surface area (Å²) in [4.78, 5) is 31.5. The van der Waals surface area contributed by atoms with Crippen molar-refractivity contribution in [3.05, 3.63) is 81.2 Å². The average molecular weight is 695 g/mol. The second-order valence-electron chi connectivity index (χ2n) is 10.1. The first-order valence-electron chi connectivity index (χ1n) is 13.4. The van der Waals surface area contributed by atoms with Gasteiger partial charge in [-0.15, -0.1) is 12.4 Å². The van der Waals surface area contributed by atoms with Crippen LogP contribution in [0.25, 0.3) is 5.65 Å². The first kappa shape index (κ1) is 34.0. The lowest BCUT2D eigenvalue weighted by Crippen LogP contribution is -2.31. The average Bonchev–Trinajstić information content (AvgIpc) is 3.30. The Kier molecular flexibility index (Phi) is 12.1. The monoisotopic (exact) mass is 693 g/mol. The molecule has 2 heterocycles. The van der Waals surface area contributed by atoms with Crippen molar-refractivity contribution in [1.82, 2.24) is 9.38 Å². The van der Waals surface area contributed by atoms with Gasteiger partial charge < -0.3 is 28.6 Å². The number of methoxy groups -OCH3 is 2. The summed E-state index contributed by atoms with van der Waals surface area (Å²) in [6.07, 6.45) is 3.30. The van der Waals surface area contributed by atoms with Crippen LogP contribution in [-0.4, -0.2) is 47.2 Å². The number of imidazole rings is 1. The lowest BCUT2D eigenvalue weighted by Gasteiger charge is -2.25. The van der Waals surface area contributed by atoms with Crippen LogP contribution in [0, 0.1) is 5.92 Å². The number of carbonyl (C=O) groups excluding carboxylic acids is 1. The summed E-state index contributed by atoms with van der Waals surface area (Å²) in [6.45, 7) is 3.82. The third kappa shape index (κ3) is 8.13. The molecule has 0 aliphatic rings. The van der Waals surface area contributed by atoms with Crippen molar-refractivity contribution in [3.63, 3.8) is 0 Å². The number of aromatic nitrogens is 2. The molecule has 0 spiro atoms. The maximum Gasteiger partial charge on any atom is 0.341 e. The van der Waals surface area contributed by atoms with Crippen LogP contribution in [0.15, 0.2) is 59.2 Å². The molecule has 0 fully saturated rings. The van der Waals surface area contributed by atoms with Gasteiger partial charge >= 0.3 is 5.97 Å². The number of carboxylic acids is 1. The highest BCUT2D eigenvalue weighted by molar-refractivity contribution is 9.10. The number of rotatable bonds is 13. The topological polar surface area (TPSA) is 103 Å². The van der Waals surface area contributed by atoms with Crippen LogP contribution >= 0.6 is 39.9 Å². The van der Waals surface area contributed by atoms with E-state index in [-0.39, 0.29) is 29.9 Å². The highest BCUT2D eigenvalue weighted by Crippen LogP contribution is 2.42. The minimum atomic E-state index is -1.07. The first-order valence-corrected chi connectivity index (χ1v) is 14.6. The second kappa shape index (κ2) is 15.3. The van der Waals surface area contributed by atoms with Crippen LogP contribution in [0.3, 0.4) is 0 Å². The minimum absolute atomic E-state index is 0. The molecule has 0 aliphatic heterocycles. The number of carboxylic acid groups (broad SMARTS) is 1. The minimum Gasteiger partial charge on any atom is -0.493 e. The van der Waals surface area contributed by atoms with Crippen LogP contribution in [0.4, 0.5) is 5.69 Å². The number of hydrogen-bond acceptors (Lipinski definition) is 6. The normalized spacial score (nSPS) is 10.9. The van der Waals surface area contributed by atoms with Gasteiger partial charge in [-0.25, -0.2) is 9.78 Å². The Balaban J connectivity index is 0.00000506. The summed E-state index contributed by atoms with van der Waals surface area (Å²) in [5, 5.41) is 9.44. The number of anilines is 1. The van der Waals surface area contributed by atoms with Gasteiger partial charge in [0.2, 0.25) is 5.91 Å². The highest BCUT2D eigenvalue weighted by atomic mass is 79.9. The van der Waals surface area contributed by atoms with E-state index in [0.29, 0.717) is 59.5 Å². The predicted molar refractivity (Wildman–Crippen MR) is 172 cm³/mol. The number of ether oxygens (including phenoxy) is 3. The predicted octanol–water partition coefficient (Wildman–Crippen LogP) is 7.21. The Hall–Kier alpha value is -3.47. The summed E-state index contributed by atoms with van der Waals surface area (Å²) in [7, 11) is 3.03. The molecule has 230 valence electrons. The van der Waals surface area contributed by atoms with E-state index in [1.54, 1.807) is 29.2 Å². The zero-order valence-electron chi connectivity index (χ0n) is 24.3. The van der Waals surface area contributed by atoms with Crippen LogP contribution < -0.4 is 19.1 Å². The van der Waals surface area contributed by atoms with Crippen molar-refractivity contribution in [2.75, 3.05) is 25.7 Å². The van der Waals surface area contributed by atoms with Gasteiger partial charge in [0.15, 0.2) is 18.1 Å². The molecule has 9 nitrogen and oxygen atoms in total. The van der Waals surface area contributed by atoms with Gasteiger partial charge in [-0.1, -0.05) is 47.4 Å². The van der Waals surface area contributed by atoms with Gasteiger partial charge in [0.1, 0.15) is 16.4 Å². The van der Waals surface area contributed by atoms with Crippen molar-refractivity contribution < 1.29 is 28.9 Å². The fourth-order valence-electron chi connectivity index (χ4n) is 4.65. The number of carbonyl (C=O) groups is 2. The molecular weight excluding hydrogens is 661 g/mol. The Labute approximate surface area is 270 Å². The Morgan fingerprint density at radius 1 is 1.09 bits per heavy atom. The smallest absolute Gasteiger partial charge is 0.341 e. The van der Waals surface area contributed by atoms with E-state index >= 15 is 0 Å². The number of hydrogen-bond donors (Lipinski definition) is 1. The maximum atomic E-state index is 13.8. The number of benzene rings is 2. The number of aliphatic carboxylic acids is 1. The van der Waals surface area contributed by atoms with Crippen molar-refractivity contribution in [1.29, 1.82) is 0 Å². The van der Waals surface area contributed by atoms with Crippen molar-refractivity contribution >= 4 is 63.1 Å². The van der Waals surface area contributed by atoms with E-state index in [2.05, 4.69) is 29.8 Å². The van der Waals surface area contributed by atoms with Gasteiger partial charge in [0.25, 0.3) is 0 Å². The molecule has 0 aliphatic carbocycles. The molecule has 0 atom stereocenters. The Morgan fingerprint density at radius 3 is 2.51 bits per heavy atom. The van der Waals surface area contributed by atoms with E-state index in [4.69, 9.17) is 30.8 Å². The molecule has 0 radical (unpaired) electrons. The van der Waals surface area contributed by atoms with E-state index in [1.807, 2.05) is 34.9 Å². The van der Waals surface area contributed by atoms with Gasteiger partial charge in [-0.2, -0.15) is 0 Å². The maximum absolute atomic E-state index is 13.8. The summed E-state index contributed by atoms with van der Waals surface area (Å²) in [6, 6.07) is 14.6. The highest BCUT2D eigenvalue weighted by Gasteiger charge is 2.26. The number of amides is 1. The molecular formula is C31H34BrCl2N3O6. The van der Waals surface area contributed by atoms with Crippen molar-refractivity contribution in [2.24, 2.45) is 5.92 Å². The zero-order chi connectivity index (χ0) is 30.4. The molecule has 2 aromatic heterocycles. The first-order chi connectivity index (χ1) is 20.1. The van der Waals surface area contributed by atoms with E-state index in [1.165, 1.54) is 14.2 Å². The quantitative estimate of drug-likeness (QED) is 0.158. The van der Waals surface area contributed by atoms with Gasteiger partial charge in [-0.3, -0.25) is 4.79 Å². The van der Waals surface area contributed by atoms with Crippen LogP contribution in [0.2, 0.25) is 5.02 Å². The summed E-state index contributed by atoms with van der Waals surface area (Å²) >= 11 is 10.3. The van der Waals surface area contributed by atoms with Gasteiger partial charge in [0.05, 0.1) is 37.8 Å². The number of pyridine rings is 1. The van der Waals surface area contributed by atoms with E-state index < -0.39 is 12.6 Å². The molecule has 12 heteroatoms. The third-order valence-corrected chi connectivity index (χ3v) is 7.60. The van der Waals surface area contributed by atoms with Crippen LogP contribution in [0.5, 0.6) is 17.2 Å². The molecule has 0 saturated carbocycles. The zero-order valence-corrected chi connectivity index (χ0v) is 27.5. The van der Waals surface area contributed by atoms with Crippen LogP contribution in [-0.2, 0) is 22.6 Å². The van der Waals surface area contributed by atoms with E-state index in [0.717, 1.165) is 15.7 Å². The molecule has 1 N–H and O–H groups in total. The molecule has 0 saturated heterocycles. The molecule has 43 heavy (non-hydrogen) atoms. The Bertz CT molecular complexity index is 1590. The largest absolute Gasteiger partial charge is 0.493 e. The fourth-order valence-corrected chi connectivity index (χ4v) is 5.39. The van der Waals surface area contributed by atoms with Crippen LogP contribution in [0.1, 0.15) is 43.6 Å². The summed E-state index contributed by atoms with van der Waals surface area (Å²) in [5.41, 5.74) is 3.44. The Morgan fingerprint density at radius 2 is 1.84 bits per heavy atom. The van der Waals surface area contributed by atoms with Crippen molar-refractivity contribution in [3.8, 4) is 17.2 Å². The molecule has 0 bridgehead atoms. The van der Waals surface area contributed by atoms with E-state index in [9.17, 15) is 14.7 Å². The second-order valence-corrected chi connectivity index (χ2v) is 11.4. The summed E-state index contributed by atoms with van der Waals surface area (Å²) < 4.78 is 19.3. The lowest BCUT2D eigenvalue weighted by molar-refractivity contribution is -0.139. The number of fused-ring (bicyclic) bond motifs is 1. The van der Waals surface area contributed by atoms with Gasteiger partial charge in [0, 0.05) is 29.1 Å². The number of nitrogens with zero attached hydrogens (tertiary/aromatic N) is 3. The molecule has 2 aromatic carbocycles. The molecule has 1 amide bonds. The van der Waals surface area contributed by atoms with Crippen molar-refractivity contribution in [2.45, 2.75) is 39.7 Å². The summed E-state index contributed by atoms with van der Waals surface area (Å²) in [5.74, 6) is 0.407. The van der Waals surface area contributed by atoms with Gasteiger partial charge in [-0.05, 0) is 54.8 Å². The molecule has 4 rings (SSSR count). The third-order valence-electron chi connectivity index (χ3n) is 6.74. The number of halogens is 3. The fraction of sp³-hybridized carbons (Fsp3) is 0.323. The standard InChI is InChI=1S/C31H33BrClN3O6.ClH/c1-19(2)8-13-28(37)36(23-10-12-26(40-3)31(41-4)30(23)33)17-22-24(35-14-6-5-7-27(35)34-22)16-20-15-21(32)9-11-25(20)42-18-29(38)39;/h5-7,9-12,14-15,19H,8,13,16-18H2,1-4H3,(H,38,39);1H.